The van der Waals surface area contributed by atoms with Crippen molar-refractivity contribution in [3.05, 3.63) is 24.8 Å². The van der Waals surface area contributed by atoms with Gasteiger partial charge in [0, 0.05) is 20.1 Å². The number of aliphatic hydroxyl groups is 1. The number of hydrogen-bond donors (Lipinski definition) is 1. The normalized spacial score (nSPS) is 12.6. The third kappa shape index (κ3) is 3.43. The quantitative estimate of drug-likeness (QED) is 0.583. The van der Waals surface area contributed by atoms with Crippen LogP contribution in [-0.4, -0.2) is 24.9 Å². The highest BCUT2D eigenvalue weighted by Gasteiger charge is 2.03. The zero-order chi connectivity index (χ0) is 7.98. The maximum Gasteiger partial charge on any atom is 0.0806 e. The molecule has 0 saturated carbocycles. The van der Waals surface area contributed by atoms with Gasteiger partial charge in [-0.05, 0) is 5.57 Å². The first kappa shape index (κ1) is 9.40. The molecular weight excluding hydrogens is 128 g/mol. The molecule has 0 aliphatic rings. The van der Waals surface area contributed by atoms with Crippen LogP contribution in [0.3, 0.4) is 0 Å². The average Bonchev–Trinajstić information content (AvgIpc) is 1.98. The van der Waals surface area contributed by atoms with Crippen molar-refractivity contribution in [2.75, 3.05) is 13.7 Å². The summed E-state index contributed by atoms with van der Waals surface area (Å²) in [6, 6.07) is 0. The van der Waals surface area contributed by atoms with Crippen molar-refractivity contribution in [1.29, 1.82) is 0 Å². The Morgan fingerprint density at radius 1 is 1.80 bits per heavy atom. The molecule has 0 aromatic rings. The molecule has 0 aromatic heterocycles. The van der Waals surface area contributed by atoms with E-state index in [0.717, 1.165) is 0 Å². The molecule has 0 spiro atoms. The van der Waals surface area contributed by atoms with Gasteiger partial charge >= 0.3 is 0 Å². The van der Waals surface area contributed by atoms with Gasteiger partial charge in [0.2, 0.25) is 0 Å². The van der Waals surface area contributed by atoms with Crippen LogP contribution in [-0.2, 0) is 4.74 Å². The van der Waals surface area contributed by atoms with Gasteiger partial charge in [-0.25, -0.2) is 0 Å². The molecular formula is C8H14O2. The van der Waals surface area contributed by atoms with E-state index in [0.29, 0.717) is 18.6 Å². The van der Waals surface area contributed by atoms with Crippen molar-refractivity contribution in [3.63, 3.8) is 0 Å². The Morgan fingerprint density at radius 2 is 2.40 bits per heavy atom. The SMILES string of the molecule is C=CC(=C)C(O)CCOC. The van der Waals surface area contributed by atoms with E-state index in [1.807, 2.05) is 0 Å². The van der Waals surface area contributed by atoms with Gasteiger partial charge in [-0.15, -0.1) is 0 Å². The summed E-state index contributed by atoms with van der Waals surface area (Å²) in [5, 5.41) is 9.20. The van der Waals surface area contributed by atoms with Crippen LogP contribution in [0, 0.1) is 0 Å². The van der Waals surface area contributed by atoms with Crippen LogP contribution in [0.1, 0.15) is 6.42 Å². The fraction of sp³-hybridized carbons (Fsp3) is 0.500. The summed E-state index contributed by atoms with van der Waals surface area (Å²) in [5.41, 5.74) is 0.650. The van der Waals surface area contributed by atoms with Gasteiger partial charge in [0.25, 0.3) is 0 Å². The molecule has 1 N–H and O–H groups in total. The van der Waals surface area contributed by atoms with E-state index in [1.165, 1.54) is 0 Å². The van der Waals surface area contributed by atoms with Crippen molar-refractivity contribution in [1.82, 2.24) is 0 Å². The molecule has 10 heavy (non-hydrogen) atoms. The van der Waals surface area contributed by atoms with Crippen molar-refractivity contribution >= 4 is 0 Å². The molecule has 0 bridgehead atoms. The number of ether oxygens (including phenoxy) is 1. The predicted molar refractivity (Wildman–Crippen MR) is 41.8 cm³/mol. The Hall–Kier alpha value is -0.600. The molecule has 0 saturated heterocycles. The maximum atomic E-state index is 9.20. The fourth-order valence-corrected chi connectivity index (χ4v) is 0.551. The first-order valence-corrected chi connectivity index (χ1v) is 3.20. The molecule has 0 radical (unpaired) electrons. The van der Waals surface area contributed by atoms with Gasteiger partial charge in [-0.2, -0.15) is 0 Å². The number of hydrogen-bond acceptors (Lipinski definition) is 2. The van der Waals surface area contributed by atoms with Crippen LogP contribution in [0.2, 0.25) is 0 Å². The monoisotopic (exact) mass is 142 g/mol. The Morgan fingerprint density at radius 3 is 2.80 bits per heavy atom. The molecule has 0 heterocycles. The van der Waals surface area contributed by atoms with Crippen molar-refractivity contribution in [2.45, 2.75) is 12.5 Å². The van der Waals surface area contributed by atoms with Crippen molar-refractivity contribution in [3.8, 4) is 0 Å². The topological polar surface area (TPSA) is 29.5 Å². The number of methoxy groups -OCH3 is 1. The summed E-state index contributed by atoms with van der Waals surface area (Å²) < 4.78 is 4.77. The lowest BCUT2D eigenvalue weighted by atomic mass is 10.1. The van der Waals surface area contributed by atoms with E-state index in [-0.39, 0.29) is 0 Å². The second kappa shape index (κ2) is 5.21. The van der Waals surface area contributed by atoms with E-state index < -0.39 is 6.10 Å². The van der Waals surface area contributed by atoms with Gasteiger partial charge in [-0.1, -0.05) is 19.2 Å². The molecule has 0 amide bonds. The summed E-state index contributed by atoms with van der Waals surface area (Å²) in [6.45, 7) is 7.64. The van der Waals surface area contributed by atoms with E-state index >= 15 is 0 Å². The first-order chi connectivity index (χ1) is 4.72. The standard InChI is InChI=1S/C8H14O2/c1-4-7(2)8(9)5-6-10-3/h4,8-9H,1-2,5-6H2,3H3. The Kier molecular flexibility index (Phi) is 4.89. The summed E-state index contributed by atoms with van der Waals surface area (Å²) in [4.78, 5) is 0. The number of rotatable bonds is 5. The lowest BCUT2D eigenvalue weighted by molar-refractivity contribution is 0.132. The van der Waals surface area contributed by atoms with E-state index in [9.17, 15) is 5.11 Å². The van der Waals surface area contributed by atoms with Crippen molar-refractivity contribution in [2.24, 2.45) is 0 Å². The van der Waals surface area contributed by atoms with E-state index in [1.54, 1.807) is 13.2 Å². The average molecular weight is 142 g/mol. The van der Waals surface area contributed by atoms with Gasteiger partial charge in [0.05, 0.1) is 6.10 Å². The van der Waals surface area contributed by atoms with Crippen LogP contribution < -0.4 is 0 Å². The largest absolute Gasteiger partial charge is 0.388 e. The minimum absolute atomic E-state index is 0.502. The first-order valence-electron chi connectivity index (χ1n) is 3.20. The van der Waals surface area contributed by atoms with Gasteiger partial charge < -0.3 is 9.84 Å². The van der Waals surface area contributed by atoms with Crippen LogP contribution >= 0.6 is 0 Å². The van der Waals surface area contributed by atoms with Crippen LogP contribution in [0.25, 0.3) is 0 Å². The van der Waals surface area contributed by atoms with Crippen molar-refractivity contribution < 1.29 is 9.84 Å². The molecule has 0 aliphatic carbocycles. The molecule has 0 rings (SSSR count). The molecule has 58 valence electrons. The Labute approximate surface area is 61.8 Å². The summed E-state index contributed by atoms with van der Waals surface area (Å²) >= 11 is 0. The van der Waals surface area contributed by atoms with E-state index in [2.05, 4.69) is 13.2 Å². The second-order valence-electron chi connectivity index (χ2n) is 2.08. The summed E-state index contributed by atoms with van der Waals surface area (Å²) in [5.74, 6) is 0. The molecule has 0 aromatic carbocycles. The minimum Gasteiger partial charge on any atom is -0.388 e. The second-order valence-corrected chi connectivity index (χ2v) is 2.08. The predicted octanol–water partition coefficient (Wildman–Crippen LogP) is 1.13. The third-order valence-corrected chi connectivity index (χ3v) is 1.29. The zero-order valence-corrected chi connectivity index (χ0v) is 6.34. The summed E-state index contributed by atoms with van der Waals surface area (Å²) in [7, 11) is 1.60. The smallest absolute Gasteiger partial charge is 0.0806 e. The summed E-state index contributed by atoms with van der Waals surface area (Å²) in [6.07, 6.45) is 1.64. The zero-order valence-electron chi connectivity index (χ0n) is 6.34. The molecule has 0 fully saturated rings. The van der Waals surface area contributed by atoms with Crippen LogP contribution in [0.4, 0.5) is 0 Å². The fourth-order valence-electron chi connectivity index (χ4n) is 0.551. The van der Waals surface area contributed by atoms with Gasteiger partial charge in [0.1, 0.15) is 0 Å². The lowest BCUT2D eigenvalue weighted by Crippen LogP contribution is -2.10. The van der Waals surface area contributed by atoms with E-state index in [4.69, 9.17) is 4.74 Å². The highest BCUT2D eigenvalue weighted by Crippen LogP contribution is 2.03. The molecule has 2 nitrogen and oxygen atoms in total. The molecule has 1 atom stereocenters. The van der Waals surface area contributed by atoms with Crippen LogP contribution in [0.5, 0.6) is 0 Å². The highest BCUT2D eigenvalue weighted by atomic mass is 16.5. The minimum atomic E-state index is -0.502. The lowest BCUT2D eigenvalue weighted by Gasteiger charge is -2.08. The highest BCUT2D eigenvalue weighted by molar-refractivity contribution is 5.15. The Balaban J connectivity index is 3.51. The molecule has 2 heteroatoms. The number of aliphatic hydroxyl groups excluding tert-OH is 1. The van der Waals surface area contributed by atoms with Crippen LogP contribution in [0.15, 0.2) is 24.8 Å². The molecule has 1 unspecified atom stereocenters. The third-order valence-electron chi connectivity index (χ3n) is 1.29. The van der Waals surface area contributed by atoms with Gasteiger partial charge in [0.15, 0.2) is 0 Å². The maximum absolute atomic E-state index is 9.20. The molecule has 0 aliphatic heterocycles. The van der Waals surface area contributed by atoms with Gasteiger partial charge in [-0.3, -0.25) is 0 Å². The Bertz CT molecular complexity index is 118.